The maximum atomic E-state index is 11.1. The molecule has 0 aliphatic rings. The molecule has 6 nitrogen and oxygen atoms in total. The third kappa shape index (κ3) is 19.6. The summed E-state index contributed by atoms with van der Waals surface area (Å²) >= 11 is 4.86. The molecule has 0 spiro atoms. The highest BCUT2D eigenvalue weighted by molar-refractivity contribution is 7.81. The van der Waals surface area contributed by atoms with Gasteiger partial charge in [-0.2, -0.15) is 12.6 Å². The van der Waals surface area contributed by atoms with Crippen molar-refractivity contribution in [2.24, 2.45) is 5.92 Å². The van der Waals surface area contributed by atoms with Crippen LogP contribution >= 0.6 is 20.5 Å². The Bertz CT molecular complexity index is 512. The zero-order valence-corrected chi connectivity index (χ0v) is 24.7. The van der Waals surface area contributed by atoms with Gasteiger partial charge in [0.05, 0.1) is 33.0 Å². The zero-order valence-electron chi connectivity index (χ0n) is 22.9. The summed E-state index contributed by atoms with van der Waals surface area (Å²) < 4.78 is 21.8. The van der Waals surface area contributed by atoms with Gasteiger partial charge in [0.15, 0.2) is 0 Å². The molecule has 4 atom stereocenters. The molecule has 0 fully saturated rings. The molecule has 4 unspecified atom stereocenters. The number of thiol groups is 1. The first kappa shape index (κ1) is 34.4. The lowest BCUT2D eigenvalue weighted by atomic mass is 9.92. The number of likely N-dealkylation sites (N-methyl/N-ethyl adjacent to an activating group) is 1. The van der Waals surface area contributed by atoms with Crippen molar-refractivity contribution in [2.45, 2.75) is 121 Å². The van der Waals surface area contributed by atoms with Crippen molar-refractivity contribution >= 4 is 20.5 Å². The fraction of sp³-hybridized carbons (Fsp3) is 1.00. The molecule has 0 amide bonds. The van der Waals surface area contributed by atoms with E-state index in [-0.39, 0.29) is 23.8 Å². The summed E-state index contributed by atoms with van der Waals surface area (Å²) in [6.07, 6.45) is 21.1. The SMILES string of the molecule is CCCCCCCCCCCCCCCCCC(COC)C(S)C(COP(=O)([O-])O)[N+](C)(C)C. The highest BCUT2D eigenvalue weighted by atomic mass is 32.1. The average Bonchev–Trinajstić information content (AvgIpc) is 2.73. The Kier molecular flexibility index (Phi) is 20.7. The van der Waals surface area contributed by atoms with Gasteiger partial charge in [-0.15, -0.1) is 0 Å². The van der Waals surface area contributed by atoms with E-state index in [1.807, 2.05) is 21.1 Å². The standard InChI is InChI=1S/C26H56NO5PS/c1-6-7-8-9-10-11-12-13-14-15-16-17-18-19-20-21-24(22-31-5)26(34)25(27(2,3)4)23-32-33(28,29)30/h24-26H,6-23H2,1-5H3,(H2-,28,29,30,34). The largest absolute Gasteiger partial charge is 0.756 e. The quantitative estimate of drug-likeness (QED) is 0.0663. The van der Waals surface area contributed by atoms with Crippen LogP contribution in [0, 0.1) is 5.92 Å². The minimum absolute atomic E-state index is 0.0893. The van der Waals surface area contributed by atoms with Gasteiger partial charge in [0.1, 0.15) is 12.6 Å². The van der Waals surface area contributed by atoms with Crippen molar-refractivity contribution in [3.05, 3.63) is 0 Å². The molecule has 0 aliphatic carbocycles. The number of quaternary nitrogens is 1. The lowest BCUT2D eigenvalue weighted by Gasteiger charge is -2.40. The number of methoxy groups -OCH3 is 1. The number of hydrogen-bond donors (Lipinski definition) is 2. The summed E-state index contributed by atoms with van der Waals surface area (Å²) in [5.41, 5.74) is 0. The van der Waals surface area contributed by atoms with Crippen LogP contribution in [0.1, 0.15) is 110 Å². The number of nitrogens with zero attached hydrogens (tertiary/aromatic N) is 1. The molecular weight excluding hydrogens is 469 g/mol. The number of phosphoric acid groups is 1. The Balaban J connectivity index is 4.07. The Morgan fingerprint density at radius 1 is 0.824 bits per heavy atom. The molecule has 206 valence electrons. The third-order valence-corrected chi connectivity index (χ3v) is 8.08. The van der Waals surface area contributed by atoms with Crippen molar-refractivity contribution in [3.8, 4) is 0 Å². The third-order valence-electron chi connectivity index (χ3n) is 6.84. The van der Waals surface area contributed by atoms with Crippen LogP contribution in [0.5, 0.6) is 0 Å². The van der Waals surface area contributed by atoms with E-state index in [2.05, 4.69) is 6.92 Å². The Labute approximate surface area is 216 Å². The molecule has 0 saturated heterocycles. The van der Waals surface area contributed by atoms with Gasteiger partial charge in [-0.1, -0.05) is 103 Å². The first-order valence-electron chi connectivity index (χ1n) is 13.7. The molecule has 8 heteroatoms. The molecule has 34 heavy (non-hydrogen) atoms. The van der Waals surface area contributed by atoms with Crippen molar-refractivity contribution in [2.75, 3.05) is 41.5 Å². The number of phosphoric ester groups is 1. The van der Waals surface area contributed by atoms with Crippen LogP contribution < -0.4 is 4.89 Å². The molecule has 0 saturated carbocycles. The summed E-state index contributed by atoms with van der Waals surface area (Å²) in [4.78, 5) is 20.1. The van der Waals surface area contributed by atoms with Gasteiger partial charge in [0.2, 0.25) is 0 Å². The summed E-state index contributed by atoms with van der Waals surface area (Å²) in [5, 5.41) is -0.0989. The van der Waals surface area contributed by atoms with Crippen LogP contribution in [0.4, 0.5) is 0 Å². The van der Waals surface area contributed by atoms with E-state index in [4.69, 9.17) is 26.8 Å². The second kappa shape index (κ2) is 20.4. The molecule has 0 bridgehead atoms. The number of ether oxygens (including phenoxy) is 1. The number of rotatable bonds is 24. The first-order valence-corrected chi connectivity index (χ1v) is 15.7. The normalized spacial score (nSPS) is 16.8. The van der Waals surface area contributed by atoms with Crippen molar-refractivity contribution in [1.29, 1.82) is 0 Å². The summed E-state index contributed by atoms with van der Waals surface area (Å²) in [6, 6.07) is -0.186. The number of unbranched alkanes of at least 4 members (excludes halogenated alkanes) is 14. The minimum atomic E-state index is -4.75. The van der Waals surface area contributed by atoms with E-state index in [0.717, 1.165) is 12.8 Å². The molecule has 0 radical (unpaired) electrons. The molecule has 0 rings (SSSR count). The van der Waals surface area contributed by atoms with Gasteiger partial charge in [-0.3, -0.25) is 4.57 Å². The average molecular weight is 526 g/mol. The van der Waals surface area contributed by atoms with Crippen molar-refractivity contribution in [1.82, 2.24) is 0 Å². The lowest BCUT2D eigenvalue weighted by Crippen LogP contribution is -2.55. The summed E-state index contributed by atoms with van der Waals surface area (Å²) in [5.74, 6) is 0.200. The van der Waals surface area contributed by atoms with Gasteiger partial charge in [0.25, 0.3) is 7.82 Å². The fourth-order valence-corrected chi connectivity index (χ4v) is 5.67. The van der Waals surface area contributed by atoms with Crippen LogP contribution in [0.3, 0.4) is 0 Å². The molecule has 0 aliphatic heterocycles. The highest BCUT2D eigenvalue weighted by Gasteiger charge is 2.36. The van der Waals surface area contributed by atoms with Gasteiger partial charge in [-0.05, 0) is 12.3 Å². The van der Waals surface area contributed by atoms with Crippen LogP contribution in [0.2, 0.25) is 0 Å². The van der Waals surface area contributed by atoms with Crippen molar-refractivity contribution in [3.63, 3.8) is 0 Å². The topological polar surface area (TPSA) is 78.8 Å². The monoisotopic (exact) mass is 525 g/mol. The van der Waals surface area contributed by atoms with E-state index < -0.39 is 7.82 Å². The maximum Gasteiger partial charge on any atom is 0.265 e. The van der Waals surface area contributed by atoms with Gasteiger partial charge >= 0.3 is 0 Å². The fourth-order valence-electron chi connectivity index (χ4n) is 4.61. The van der Waals surface area contributed by atoms with Crippen LogP contribution in [-0.4, -0.2) is 62.1 Å². The predicted molar refractivity (Wildman–Crippen MR) is 145 cm³/mol. The number of hydrogen-bond acceptors (Lipinski definition) is 5. The van der Waals surface area contributed by atoms with Crippen LogP contribution in [-0.2, 0) is 13.8 Å². The van der Waals surface area contributed by atoms with E-state index in [0.29, 0.717) is 11.1 Å². The molecular formula is C26H56NO5PS. The van der Waals surface area contributed by atoms with Crippen molar-refractivity contribution < 1.29 is 28.1 Å². The predicted octanol–water partition coefficient (Wildman–Crippen LogP) is 6.36. The van der Waals surface area contributed by atoms with Crippen LogP contribution in [0.15, 0.2) is 0 Å². The second-order valence-electron chi connectivity index (χ2n) is 10.9. The lowest BCUT2D eigenvalue weighted by molar-refractivity contribution is -0.896. The van der Waals surface area contributed by atoms with Gasteiger partial charge in [-0.25, -0.2) is 0 Å². The zero-order chi connectivity index (χ0) is 25.9. The maximum absolute atomic E-state index is 11.1. The highest BCUT2D eigenvalue weighted by Crippen LogP contribution is 2.33. The van der Waals surface area contributed by atoms with Gasteiger partial charge in [0, 0.05) is 7.11 Å². The second-order valence-corrected chi connectivity index (χ2v) is 12.7. The minimum Gasteiger partial charge on any atom is -0.756 e. The summed E-state index contributed by atoms with van der Waals surface area (Å²) in [6.45, 7) is 2.76. The smallest absolute Gasteiger partial charge is 0.265 e. The molecule has 1 N–H and O–H groups in total. The molecule has 0 heterocycles. The Morgan fingerprint density at radius 2 is 1.24 bits per heavy atom. The Hall–Kier alpha value is 0.380. The van der Waals surface area contributed by atoms with E-state index >= 15 is 0 Å². The molecule has 0 aromatic rings. The Morgan fingerprint density at radius 3 is 1.59 bits per heavy atom. The van der Waals surface area contributed by atoms with E-state index in [1.165, 1.54) is 89.9 Å². The first-order chi connectivity index (χ1) is 16.0. The molecule has 0 aromatic heterocycles. The summed E-state index contributed by atoms with van der Waals surface area (Å²) in [7, 11) is 2.90. The molecule has 0 aromatic carbocycles. The van der Waals surface area contributed by atoms with Gasteiger partial charge < -0.3 is 23.5 Å². The van der Waals surface area contributed by atoms with E-state index in [9.17, 15) is 9.46 Å². The van der Waals surface area contributed by atoms with E-state index in [1.54, 1.807) is 7.11 Å². The van der Waals surface area contributed by atoms with Crippen LogP contribution in [0.25, 0.3) is 0 Å².